The van der Waals surface area contributed by atoms with Gasteiger partial charge in [-0.05, 0) is 47.5 Å². The second-order valence-corrected chi connectivity index (χ2v) is 6.45. The first-order chi connectivity index (χ1) is 14.0. The van der Waals surface area contributed by atoms with Gasteiger partial charge in [0.1, 0.15) is 5.75 Å². The van der Waals surface area contributed by atoms with Crippen LogP contribution in [0.5, 0.6) is 5.75 Å². The van der Waals surface area contributed by atoms with Gasteiger partial charge in [0.15, 0.2) is 6.10 Å². The molecule has 0 radical (unpaired) electrons. The van der Waals surface area contributed by atoms with Crippen molar-refractivity contribution in [1.82, 2.24) is 5.43 Å². The van der Waals surface area contributed by atoms with Gasteiger partial charge in [0, 0.05) is 5.02 Å². The van der Waals surface area contributed by atoms with Crippen LogP contribution in [0.1, 0.15) is 27.6 Å². The molecule has 7 heteroatoms. The van der Waals surface area contributed by atoms with Crippen molar-refractivity contribution >= 4 is 29.7 Å². The number of esters is 1. The van der Waals surface area contributed by atoms with Gasteiger partial charge in [-0.3, -0.25) is 4.79 Å². The van der Waals surface area contributed by atoms with Crippen LogP contribution in [-0.4, -0.2) is 23.2 Å². The third-order valence-corrected chi connectivity index (χ3v) is 4.15. The lowest BCUT2D eigenvalue weighted by molar-refractivity contribution is -0.129. The van der Waals surface area contributed by atoms with E-state index in [1.807, 2.05) is 0 Å². The third-order valence-electron chi connectivity index (χ3n) is 3.90. The van der Waals surface area contributed by atoms with Gasteiger partial charge < -0.3 is 9.84 Å². The lowest BCUT2D eigenvalue weighted by Crippen LogP contribution is -2.25. The van der Waals surface area contributed by atoms with Crippen molar-refractivity contribution in [3.8, 4) is 5.75 Å². The number of hydrazone groups is 1. The monoisotopic (exact) mass is 408 g/mol. The molecule has 0 spiro atoms. The van der Waals surface area contributed by atoms with E-state index in [-0.39, 0.29) is 0 Å². The summed E-state index contributed by atoms with van der Waals surface area (Å²) in [6.07, 6.45) is 0.0647. The van der Waals surface area contributed by atoms with Gasteiger partial charge in [0.05, 0.1) is 11.8 Å². The molecule has 146 valence electrons. The molecule has 1 amide bonds. The quantitative estimate of drug-likeness (QED) is 0.281. The molecule has 0 saturated heterocycles. The Hall–Kier alpha value is -3.48. The molecule has 0 saturated carbocycles. The number of amides is 1. The lowest BCUT2D eigenvalue weighted by Gasteiger charge is -2.08. The van der Waals surface area contributed by atoms with Crippen LogP contribution < -0.4 is 10.2 Å². The molecule has 0 aliphatic heterocycles. The number of nitrogens with zero attached hydrogens (tertiary/aromatic N) is 1. The average Bonchev–Trinajstić information content (AvgIpc) is 2.74. The van der Waals surface area contributed by atoms with Crippen LogP contribution in [0.3, 0.4) is 0 Å². The van der Waals surface area contributed by atoms with Crippen LogP contribution in [0.4, 0.5) is 0 Å². The van der Waals surface area contributed by atoms with Gasteiger partial charge in [0.25, 0.3) is 5.91 Å². The Bertz CT molecular complexity index is 1020. The molecule has 0 heterocycles. The SMILES string of the molecule is O=C(Oc1cccc(/C=N/NC(=O)C(O)c2ccccc2)c1)c1ccc(Cl)cc1. The van der Waals surface area contributed by atoms with Gasteiger partial charge in [-0.25, -0.2) is 10.2 Å². The van der Waals surface area contributed by atoms with Crippen molar-refractivity contribution in [2.24, 2.45) is 5.10 Å². The van der Waals surface area contributed by atoms with Gasteiger partial charge in [-0.2, -0.15) is 5.10 Å². The Morgan fingerprint density at radius 2 is 1.72 bits per heavy atom. The highest BCUT2D eigenvalue weighted by Crippen LogP contribution is 2.16. The fourth-order valence-electron chi connectivity index (χ4n) is 2.43. The number of ether oxygens (including phenoxy) is 1. The third kappa shape index (κ3) is 5.75. The summed E-state index contributed by atoms with van der Waals surface area (Å²) in [4.78, 5) is 24.1. The van der Waals surface area contributed by atoms with Crippen LogP contribution >= 0.6 is 11.6 Å². The lowest BCUT2D eigenvalue weighted by atomic mass is 10.1. The minimum absolute atomic E-state index is 0.324. The van der Waals surface area contributed by atoms with Crippen LogP contribution in [0.15, 0.2) is 84.0 Å². The fourth-order valence-corrected chi connectivity index (χ4v) is 2.55. The fraction of sp³-hybridized carbons (Fsp3) is 0.0455. The van der Waals surface area contributed by atoms with E-state index in [1.54, 1.807) is 78.9 Å². The Morgan fingerprint density at radius 1 is 1.00 bits per heavy atom. The van der Waals surface area contributed by atoms with Crippen LogP contribution in [0.25, 0.3) is 0 Å². The highest BCUT2D eigenvalue weighted by Gasteiger charge is 2.16. The smallest absolute Gasteiger partial charge is 0.343 e. The largest absolute Gasteiger partial charge is 0.423 e. The normalized spacial score (nSPS) is 11.8. The van der Waals surface area contributed by atoms with Crippen molar-refractivity contribution in [3.63, 3.8) is 0 Å². The minimum Gasteiger partial charge on any atom is -0.423 e. The molecule has 0 fully saturated rings. The number of nitrogens with one attached hydrogen (secondary N) is 1. The number of rotatable bonds is 6. The molecular formula is C22H17ClN2O4. The van der Waals surface area contributed by atoms with Gasteiger partial charge in [0.2, 0.25) is 0 Å². The number of aliphatic hydroxyl groups excluding tert-OH is 1. The first kappa shape index (κ1) is 20.3. The molecule has 0 aromatic heterocycles. The molecule has 0 bridgehead atoms. The van der Waals surface area contributed by atoms with E-state index in [2.05, 4.69) is 10.5 Å². The molecular weight excluding hydrogens is 392 g/mol. The molecule has 1 unspecified atom stereocenters. The Labute approximate surface area is 172 Å². The number of benzene rings is 3. The summed E-state index contributed by atoms with van der Waals surface area (Å²) < 4.78 is 5.33. The van der Waals surface area contributed by atoms with Crippen molar-refractivity contribution in [2.75, 3.05) is 0 Å². The Balaban J connectivity index is 1.60. The van der Waals surface area contributed by atoms with E-state index < -0.39 is 18.0 Å². The minimum atomic E-state index is -1.32. The Morgan fingerprint density at radius 3 is 2.45 bits per heavy atom. The number of aliphatic hydroxyl groups is 1. The number of hydrogen-bond acceptors (Lipinski definition) is 5. The maximum Gasteiger partial charge on any atom is 0.343 e. The maximum atomic E-state index is 12.2. The molecule has 6 nitrogen and oxygen atoms in total. The summed E-state index contributed by atoms with van der Waals surface area (Å²) in [6, 6.07) is 21.5. The van der Waals surface area contributed by atoms with E-state index in [9.17, 15) is 14.7 Å². The van der Waals surface area contributed by atoms with Crippen LogP contribution in [-0.2, 0) is 4.79 Å². The van der Waals surface area contributed by atoms with Crippen LogP contribution in [0, 0.1) is 0 Å². The zero-order valence-electron chi connectivity index (χ0n) is 15.2. The molecule has 3 aromatic carbocycles. The number of halogens is 1. The summed E-state index contributed by atoms with van der Waals surface area (Å²) >= 11 is 5.81. The summed E-state index contributed by atoms with van der Waals surface area (Å²) in [5.74, 6) is -0.850. The van der Waals surface area contributed by atoms with E-state index in [0.717, 1.165) is 0 Å². The zero-order valence-corrected chi connectivity index (χ0v) is 15.9. The number of carbonyl (C=O) groups excluding carboxylic acids is 2. The van der Waals surface area contributed by atoms with Crippen LogP contribution in [0.2, 0.25) is 5.02 Å². The van der Waals surface area contributed by atoms with Crippen molar-refractivity contribution < 1.29 is 19.4 Å². The molecule has 0 aliphatic rings. The van der Waals surface area contributed by atoms with E-state index >= 15 is 0 Å². The molecule has 0 aliphatic carbocycles. The highest BCUT2D eigenvalue weighted by molar-refractivity contribution is 6.30. The topological polar surface area (TPSA) is 88.0 Å². The standard InChI is InChI=1S/C22H17ClN2O4/c23-18-11-9-17(10-12-18)22(28)29-19-8-4-5-15(13-19)14-24-25-21(27)20(26)16-6-2-1-3-7-16/h1-14,20,26H,(H,25,27)/b24-14+. The summed E-state index contributed by atoms with van der Waals surface area (Å²) in [7, 11) is 0. The second kappa shape index (κ2) is 9.64. The van der Waals surface area contributed by atoms with E-state index in [4.69, 9.17) is 16.3 Å². The van der Waals surface area contributed by atoms with Crippen molar-refractivity contribution in [3.05, 3.63) is 101 Å². The maximum absolute atomic E-state index is 12.2. The van der Waals surface area contributed by atoms with E-state index in [0.29, 0.717) is 27.5 Å². The number of carbonyl (C=O) groups is 2. The van der Waals surface area contributed by atoms with Gasteiger partial charge >= 0.3 is 5.97 Å². The molecule has 3 rings (SSSR count). The first-order valence-electron chi connectivity index (χ1n) is 8.66. The predicted octanol–water partition coefficient (Wildman–Crippen LogP) is 3.74. The van der Waals surface area contributed by atoms with E-state index in [1.165, 1.54) is 6.21 Å². The zero-order chi connectivity index (χ0) is 20.6. The van der Waals surface area contributed by atoms with Gasteiger partial charge in [-0.15, -0.1) is 0 Å². The molecule has 3 aromatic rings. The Kier molecular flexibility index (Phi) is 6.73. The molecule has 29 heavy (non-hydrogen) atoms. The molecule has 2 N–H and O–H groups in total. The summed E-state index contributed by atoms with van der Waals surface area (Å²) in [6.45, 7) is 0. The van der Waals surface area contributed by atoms with Crippen molar-refractivity contribution in [2.45, 2.75) is 6.10 Å². The second-order valence-electron chi connectivity index (χ2n) is 6.02. The molecule has 1 atom stereocenters. The predicted molar refractivity (Wildman–Crippen MR) is 110 cm³/mol. The van der Waals surface area contributed by atoms with Gasteiger partial charge in [-0.1, -0.05) is 54.1 Å². The summed E-state index contributed by atoms with van der Waals surface area (Å²) in [5, 5.41) is 14.4. The average molecular weight is 409 g/mol. The summed E-state index contributed by atoms with van der Waals surface area (Å²) in [5.41, 5.74) is 3.72. The first-order valence-corrected chi connectivity index (χ1v) is 9.04. The highest BCUT2D eigenvalue weighted by atomic mass is 35.5. The number of hydrogen-bond donors (Lipinski definition) is 2. The van der Waals surface area contributed by atoms with Crippen molar-refractivity contribution in [1.29, 1.82) is 0 Å².